The van der Waals surface area contributed by atoms with Gasteiger partial charge in [0, 0.05) is 0 Å². The van der Waals surface area contributed by atoms with Gasteiger partial charge in [-0.15, -0.1) is 39.7 Å². The quantitative estimate of drug-likeness (QED) is 0.124. The van der Waals surface area contributed by atoms with Gasteiger partial charge in [-0.25, -0.2) is 6.08 Å². The summed E-state index contributed by atoms with van der Waals surface area (Å²) in [6.07, 6.45) is 1.45. The predicted octanol–water partition coefficient (Wildman–Crippen LogP) is 11.5. The Morgan fingerprint density at radius 1 is 0.538 bits per heavy atom. The minimum Gasteiger partial charge on any atom is -1.00 e. The molecule has 0 amide bonds. The fourth-order valence-corrected chi connectivity index (χ4v) is 8.67. The van der Waals surface area contributed by atoms with Crippen molar-refractivity contribution in [2.45, 2.75) is 158 Å². The van der Waals surface area contributed by atoms with Crippen molar-refractivity contribution in [2.24, 2.45) is 11.3 Å². The van der Waals surface area contributed by atoms with Gasteiger partial charge in [-0.1, -0.05) is 169 Å². The Morgan fingerprint density at radius 3 is 1.18 bits per heavy atom. The molecule has 0 saturated carbocycles. The van der Waals surface area contributed by atoms with E-state index >= 15 is 0 Å². The summed E-state index contributed by atoms with van der Waals surface area (Å²) in [6.45, 7) is 37.0. The Bertz CT molecular complexity index is 2330. The molecule has 0 nitrogen and oxygen atoms in total. The van der Waals surface area contributed by atoms with Gasteiger partial charge in [-0.3, -0.25) is 6.08 Å². The van der Waals surface area contributed by atoms with Gasteiger partial charge >= 0.3 is 137 Å². The van der Waals surface area contributed by atoms with E-state index < -0.39 is 23.5 Å². The predicted molar refractivity (Wildman–Crippen MR) is 252 cm³/mol. The molecule has 0 aliphatic heterocycles. The maximum absolute atomic E-state index is 12.7. The number of hydrogen-bond acceptors (Lipinski definition) is 0. The van der Waals surface area contributed by atoms with Crippen LogP contribution in [0.15, 0.2) is 96.6 Å². The van der Waals surface area contributed by atoms with Crippen LogP contribution in [0.5, 0.6) is 0 Å². The first-order valence-electron chi connectivity index (χ1n) is 22.0. The molecule has 65 heavy (non-hydrogen) atoms. The van der Waals surface area contributed by atoms with E-state index in [2.05, 4.69) is 159 Å². The Hall–Kier alpha value is -2.86. The summed E-state index contributed by atoms with van der Waals surface area (Å²) >= 11 is 0.729. The molecule has 0 aromatic heterocycles. The van der Waals surface area contributed by atoms with E-state index in [1.165, 1.54) is 86.5 Å². The average molecular weight is 1020 g/mol. The number of halogens is 8. The minimum atomic E-state index is -4.49. The Morgan fingerprint density at radius 2 is 0.892 bits per heavy atom. The molecule has 1 aliphatic rings. The summed E-state index contributed by atoms with van der Waals surface area (Å²) in [4.78, 5) is 0. The normalized spacial score (nSPS) is 14.8. The first-order valence-corrected chi connectivity index (χ1v) is 23.2. The average Bonchev–Trinajstić information content (AvgIpc) is 3.77. The number of fused-ring (bicyclic) bond motifs is 3. The standard InChI is InChI=1S/C29H41.C15H8F6.C12H19.2ClH.Zr/c1-26(2,3)22-14-18-13-19-15-23(27(4,5)6)25(29(10,11)12)17-21(19)20(18)16-24(22)28(7,8)9;16-14(17,18)12-5-1-3-10(8-12)7-11-4-2-6-13(9-11)15(19,20)21;1-5-6-10-7-8-11(9-10)12(2,3)4;;;/h13-17H,1-12H3;1-6,8-9H;8-10H,5-6H2,1-4H3;2*1H;/q-1;;-1;;;+2/p-2. The van der Waals surface area contributed by atoms with Gasteiger partial charge < -0.3 is 24.8 Å². The second-order valence-corrected chi connectivity index (χ2v) is 23.5. The van der Waals surface area contributed by atoms with Crippen molar-refractivity contribution in [2.75, 3.05) is 0 Å². The molecule has 9 heteroatoms. The third-order valence-electron chi connectivity index (χ3n) is 11.5. The van der Waals surface area contributed by atoms with Crippen LogP contribution in [0.4, 0.5) is 26.3 Å². The zero-order valence-electron chi connectivity index (χ0n) is 41.2. The summed E-state index contributed by atoms with van der Waals surface area (Å²) in [5.74, 6) is 0.587. The number of alkyl halides is 6. The molecule has 0 saturated heterocycles. The van der Waals surface area contributed by atoms with Gasteiger partial charge in [-0.2, -0.15) is 11.6 Å². The molecule has 5 aromatic rings. The molecule has 0 spiro atoms. The van der Waals surface area contributed by atoms with Crippen LogP contribution < -0.4 is 24.8 Å². The molecular formula is C56H68Cl2F6Zr-2. The van der Waals surface area contributed by atoms with Gasteiger partial charge in [0.05, 0.1) is 0 Å². The van der Waals surface area contributed by atoms with Crippen LogP contribution in [0.25, 0.3) is 21.5 Å². The molecule has 0 radical (unpaired) electrons. The summed E-state index contributed by atoms with van der Waals surface area (Å²) in [5, 5.41) is 5.57. The number of benzene rings is 4. The third kappa shape index (κ3) is 15.1. The minimum absolute atomic E-state index is 0. The number of rotatable bonds is 4. The zero-order chi connectivity index (χ0) is 47.9. The van der Waals surface area contributed by atoms with E-state index in [9.17, 15) is 26.3 Å². The van der Waals surface area contributed by atoms with Gasteiger partial charge in [0.25, 0.3) is 0 Å². The van der Waals surface area contributed by atoms with Crippen molar-refractivity contribution in [1.82, 2.24) is 0 Å². The molecule has 5 aromatic carbocycles. The van der Waals surface area contributed by atoms with Crippen LogP contribution in [0.3, 0.4) is 0 Å². The maximum Gasteiger partial charge on any atom is -1.00 e. The number of allylic oxidation sites excluding steroid dienone is 4. The van der Waals surface area contributed by atoms with E-state index in [4.69, 9.17) is 0 Å². The van der Waals surface area contributed by atoms with Crippen LogP contribution in [-0.4, -0.2) is 3.21 Å². The van der Waals surface area contributed by atoms with Gasteiger partial charge in [0.15, 0.2) is 0 Å². The molecule has 1 atom stereocenters. The van der Waals surface area contributed by atoms with Gasteiger partial charge in [0.1, 0.15) is 0 Å². The summed E-state index contributed by atoms with van der Waals surface area (Å²) in [6, 6.07) is 21.5. The second kappa shape index (κ2) is 21.2. The molecule has 354 valence electrons. The largest absolute Gasteiger partial charge is 1.00 e. The molecule has 0 bridgehead atoms. The van der Waals surface area contributed by atoms with E-state index in [1.54, 1.807) is 0 Å². The molecule has 0 fully saturated rings. The van der Waals surface area contributed by atoms with E-state index in [1.807, 2.05) is 0 Å². The Balaban J connectivity index is 0.000000357. The fraction of sp³-hybridized carbons (Fsp3) is 0.464. The van der Waals surface area contributed by atoms with Crippen LogP contribution >= 0.6 is 0 Å². The van der Waals surface area contributed by atoms with Crippen molar-refractivity contribution < 1.29 is 75.4 Å². The smallest absolute Gasteiger partial charge is 1.00 e. The first-order chi connectivity index (χ1) is 28.5. The Kier molecular flexibility index (Phi) is 19.0. The second-order valence-electron chi connectivity index (χ2n) is 22.2. The van der Waals surface area contributed by atoms with Gasteiger partial charge in [-0.05, 0) is 21.7 Å². The first kappa shape index (κ1) is 58.3. The third-order valence-corrected chi connectivity index (χ3v) is 12.9. The van der Waals surface area contributed by atoms with E-state index in [0.29, 0.717) is 14.5 Å². The molecule has 6 rings (SSSR count). The summed E-state index contributed by atoms with van der Waals surface area (Å²) in [5.41, 5.74) is 7.05. The SMILES string of the molecule is CC(C)(C)c1cc2[cH-]c3cc(C(C)(C)C)c(C(C)(C)C)cc3c2cc1C(C)(C)C.CCCC1[C-]=CC(C(C)(C)C)=C1.FC(F)(F)c1cccc([C](=[Zr+2])c2cccc(C(F)(F)F)c2)c1.[Cl-].[Cl-]. The van der Waals surface area contributed by atoms with Crippen LogP contribution in [0.2, 0.25) is 0 Å². The van der Waals surface area contributed by atoms with Crippen molar-refractivity contribution in [3.05, 3.63) is 147 Å². The molecule has 0 N–H and O–H groups in total. The van der Waals surface area contributed by atoms with Crippen molar-refractivity contribution in [3.63, 3.8) is 0 Å². The van der Waals surface area contributed by atoms with Crippen molar-refractivity contribution in [3.8, 4) is 0 Å². The van der Waals surface area contributed by atoms with Crippen LogP contribution in [-0.2, 0) is 58.2 Å². The number of hydrogen-bond donors (Lipinski definition) is 0. The summed E-state index contributed by atoms with van der Waals surface area (Å²) < 4.78 is 76.7. The molecular weight excluding hydrogens is 949 g/mol. The van der Waals surface area contributed by atoms with E-state index in [-0.39, 0.29) is 57.6 Å². The Labute approximate surface area is 413 Å². The summed E-state index contributed by atoms with van der Waals surface area (Å²) in [7, 11) is 0. The fourth-order valence-electron chi connectivity index (χ4n) is 7.91. The van der Waals surface area contributed by atoms with Crippen molar-refractivity contribution in [1.29, 1.82) is 0 Å². The molecule has 1 aliphatic carbocycles. The van der Waals surface area contributed by atoms with Crippen molar-refractivity contribution >= 4 is 24.8 Å². The van der Waals surface area contributed by atoms with Gasteiger partial charge in [0.2, 0.25) is 0 Å². The topological polar surface area (TPSA) is 0 Å². The monoisotopic (exact) mass is 1010 g/mol. The van der Waals surface area contributed by atoms with Crippen LogP contribution in [0.1, 0.15) is 168 Å². The molecule has 1 unspecified atom stereocenters. The van der Waals surface area contributed by atoms with Crippen LogP contribution in [0, 0.1) is 17.4 Å². The molecule has 0 heterocycles. The zero-order valence-corrected chi connectivity index (χ0v) is 45.1. The maximum atomic E-state index is 12.7. The van der Waals surface area contributed by atoms with E-state index in [0.717, 1.165) is 48.5 Å².